The summed E-state index contributed by atoms with van der Waals surface area (Å²) in [7, 11) is 5.68. The number of methoxy groups -OCH3 is 1. The second kappa shape index (κ2) is 13.0. The van der Waals surface area contributed by atoms with E-state index in [2.05, 4.69) is 9.47 Å². The van der Waals surface area contributed by atoms with Gasteiger partial charge in [-0.05, 0) is 74.6 Å². The highest BCUT2D eigenvalue weighted by atomic mass is 16.5. The number of nitrogens with zero attached hydrogens (tertiary/aromatic N) is 4. The smallest absolute Gasteiger partial charge is 0.407 e. The third kappa shape index (κ3) is 6.26. The molecule has 0 saturated carbocycles. The number of benzene rings is 2. The van der Waals surface area contributed by atoms with Crippen LogP contribution in [-0.4, -0.2) is 115 Å². The van der Waals surface area contributed by atoms with E-state index in [1.165, 1.54) is 9.80 Å². The Balaban J connectivity index is 1.40. The van der Waals surface area contributed by atoms with E-state index >= 15 is 0 Å². The highest BCUT2D eigenvalue weighted by molar-refractivity contribution is 6.16. The second-order valence-electron chi connectivity index (χ2n) is 11.9. The maximum absolute atomic E-state index is 14.1. The van der Waals surface area contributed by atoms with Crippen LogP contribution >= 0.6 is 0 Å². The molecule has 244 valence electrons. The molecule has 3 aliphatic heterocycles. The maximum Gasteiger partial charge on any atom is 0.407 e. The van der Waals surface area contributed by atoms with Gasteiger partial charge in [-0.15, -0.1) is 0 Å². The predicted octanol–water partition coefficient (Wildman–Crippen LogP) is 4.32. The first kappa shape index (κ1) is 31.4. The zero-order valence-electron chi connectivity index (χ0n) is 26.1. The van der Waals surface area contributed by atoms with Crippen LogP contribution in [0.2, 0.25) is 0 Å². The third-order valence-corrected chi connectivity index (χ3v) is 8.63. The van der Waals surface area contributed by atoms with Gasteiger partial charge in [0.25, 0.3) is 0 Å². The van der Waals surface area contributed by atoms with E-state index in [4.69, 9.17) is 18.9 Å². The molecule has 1 aromatic heterocycles. The van der Waals surface area contributed by atoms with Gasteiger partial charge >= 0.3 is 12.2 Å². The third-order valence-electron chi connectivity index (χ3n) is 8.63. The zero-order valence-corrected chi connectivity index (χ0v) is 26.1. The van der Waals surface area contributed by atoms with Crippen molar-refractivity contribution in [3.05, 3.63) is 64.5 Å². The van der Waals surface area contributed by atoms with Crippen molar-refractivity contribution in [2.75, 3.05) is 67.1 Å². The van der Waals surface area contributed by atoms with Gasteiger partial charge in [-0.1, -0.05) is 0 Å². The van der Waals surface area contributed by atoms with Crippen LogP contribution in [0.25, 0.3) is 17.0 Å². The van der Waals surface area contributed by atoms with E-state index in [0.29, 0.717) is 28.2 Å². The number of hydrogen-bond donors (Lipinski definition) is 2. The number of carbonyl (C=O) groups is 3. The fourth-order valence-electron chi connectivity index (χ4n) is 6.27. The lowest BCUT2D eigenvalue weighted by Crippen LogP contribution is -2.42. The Morgan fingerprint density at radius 2 is 1.72 bits per heavy atom. The Morgan fingerprint density at radius 1 is 1.02 bits per heavy atom. The highest BCUT2D eigenvalue weighted by Gasteiger charge is 2.38. The lowest BCUT2D eigenvalue weighted by Gasteiger charge is -2.34. The second-order valence-corrected chi connectivity index (χ2v) is 11.9. The van der Waals surface area contributed by atoms with E-state index in [1.807, 2.05) is 38.5 Å². The first-order valence-electron chi connectivity index (χ1n) is 15.3. The van der Waals surface area contributed by atoms with E-state index < -0.39 is 24.4 Å². The SMILES string of the molecule is COc1ccc2c(c1)c(C=C1Oc3cc(C4CN(C(=O)O)CCO4)cc(C4CN(C(=O)O)CCO4)c3C1=O)cn2CCCN(C)C. The number of aryl methyl sites for hydroxylation is 1. The number of Topliss-reactive ketones (excluding diaryl/α,β-unsaturated/α-hetero) is 1. The summed E-state index contributed by atoms with van der Waals surface area (Å²) in [5.41, 5.74) is 3.18. The van der Waals surface area contributed by atoms with Crippen molar-refractivity contribution in [1.82, 2.24) is 19.3 Å². The molecule has 0 bridgehead atoms. The number of allylic oxidation sites excluding steroid dienone is 1. The molecule has 46 heavy (non-hydrogen) atoms. The van der Waals surface area contributed by atoms with Crippen LogP contribution in [0.1, 0.15) is 45.7 Å². The van der Waals surface area contributed by atoms with Gasteiger partial charge in [0.05, 0.1) is 39.0 Å². The van der Waals surface area contributed by atoms with Crippen LogP contribution in [0, 0.1) is 0 Å². The topological polar surface area (TPSA) is 143 Å². The Morgan fingerprint density at radius 3 is 2.39 bits per heavy atom. The molecule has 0 aliphatic carbocycles. The first-order valence-corrected chi connectivity index (χ1v) is 15.3. The van der Waals surface area contributed by atoms with Gasteiger partial charge in [0.15, 0.2) is 5.76 Å². The number of ether oxygens (including phenoxy) is 4. The van der Waals surface area contributed by atoms with Gasteiger partial charge in [0, 0.05) is 42.3 Å². The fourth-order valence-corrected chi connectivity index (χ4v) is 6.27. The quantitative estimate of drug-likeness (QED) is 0.344. The molecule has 0 radical (unpaired) electrons. The molecule has 13 heteroatoms. The molecule has 2 atom stereocenters. The van der Waals surface area contributed by atoms with Crippen molar-refractivity contribution in [3.8, 4) is 11.5 Å². The summed E-state index contributed by atoms with van der Waals surface area (Å²) in [4.78, 5) is 42.3. The van der Waals surface area contributed by atoms with Crippen molar-refractivity contribution in [2.24, 2.45) is 0 Å². The minimum Gasteiger partial charge on any atom is -0.497 e. The van der Waals surface area contributed by atoms with E-state index in [1.54, 1.807) is 25.3 Å². The normalized spacial score (nSPS) is 20.8. The summed E-state index contributed by atoms with van der Waals surface area (Å²) in [5, 5.41) is 20.2. The molecular formula is C33H38N4O9. The molecule has 4 heterocycles. The predicted molar refractivity (Wildman–Crippen MR) is 168 cm³/mol. The summed E-state index contributed by atoms with van der Waals surface area (Å²) in [6.07, 6.45) is 1.21. The van der Waals surface area contributed by atoms with Crippen LogP contribution in [0.4, 0.5) is 9.59 Å². The average molecular weight is 635 g/mol. The zero-order chi connectivity index (χ0) is 32.5. The number of carbonyl (C=O) groups excluding carboxylic acids is 1. The fraction of sp³-hybridized carbons (Fsp3) is 0.424. The average Bonchev–Trinajstić information content (AvgIpc) is 3.56. The lowest BCUT2D eigenvalue weighted by molar-refractivity contribution is -0.0267. The van der Waals surface area contributed by atoms with Crippen LogP contribution in [-0.2, 0) is 16.0 Å². The van der Waals surface area contributed by atoms with Gasteiger partial charge in [-0.2, -0.15) is 0 Å². The largest absolute Gasteiger partial charge is 0.497 e. The number of rotatable bonds is 8. The van der Waals surface area contributed by atoms with Crippen molar-refractivity contribution >= 4 is 34.9 Å². The van der Waals surface area contributed by atoms with Gasteiger partial charge in [0.1, 0.15) is 23.7 Å². The molecule has 2 amide bonds. The van der Waals surface area contributed by atoms with Gasteiger partial charge in [-0.3, -0.25) is 4.79 Å². The molecule has 2 fully saturated rings. The molecular weight excluding hydrogens is 596 g/mol. The Labute approximate surface area is 266 Å². The van der Waals surface area contributed by atoms with Crippen LogP contribution in [0.3, 0.4) is 0 Å². The summed E-state index contributed by atoms with van der Waals surface area (Å²) < 4.78 is 25.9. The lowest BCUT2D eigenvalue weighted by atomic mass is 9.93. The molecule has 6 rings (SSSR count). The number of aromatic nitrogens is 1. The van der Waals surface area contributed by atoms with Gasteiger partial charge < -0.3 is 48.4 Å². The Bertz CT molecular complexity index is 1700. The maximum atomic E-state index is 14.1. The number of fused-ring (bicyclic) bond motifs is 2. The van der Waals surface area contributed by atoms with Gasteiger partial charge in [0.2, 0.25) is 5.78 Å². The number of carboxylic acid groups (broad SMARTS) is 2. The molecule has 3 aliphatic rings. The summed E-state index contributed by atoms with van der Waals surface area (Å²) >= 11 is 0. The minimum atomic E-state index is -1.07. The summed E-state index contributed by atoms with van der Waals surface area (Å²) in [6.45, 7) is 2.67. The van der Waals surface area contributed by atoms with Crippen molar-refractivity contribution in [1.29, 1.82) is 0 Å². The molecule has 13 nitrogen and oxygen atoms in total. The summed E-state index contributed by atoms with van der Waals surface area (Å²) in [5.74, 6) is 0.752. The van der Waals surface area contributed by atoms with E-state index in [9.17, 15) is 24.6 Å². The molecule has 2 aromatic carbocycles. The number of amides is 2. The molecule has 2 unspecified atom stereocenters. The van der Waals surface area contributed by atoms with E-state index in [-0.39, 0.29) is 50.9 Å². The van der Waals surface area contributed by atoms with Gasteiger partial charge in [-0.25, -0.2) is 9.59 Å². The first-order chi connectivity index (χ1) is 22.1. The van der Waals surface area contributed by atoms with Crippen LogP contribution in [0.5, 0.6) is 11.5 Å². The van der Waals surface area contributed by atoms with Crippen LogP contribution < -0.4 is 9.47 Å². The highest BCUT2D eigenvalue weighted by Crippen LogP contribution is 2.42. The molecule has 3 aromatic rings. The Kier molecular flexibility index (Phi) is 8.89. The standard InChI is InChI=1S/C33H38N4O9/c1-34(2)7-4-8-35-17-21(23-16-22(43-3)5-6-25(23)35)15-27-31(38)30-24(29-19-37(33(41)42)10-12-45-29)13-20(14-26(30)46-27)28-18-36(32(39)40)9-11-44-28/h5-6,13-17,28-29H,4,7-12,18-19H2,1-3H3,(H,39,40)(H,41,42). The molecule has 0 spiro atoms. The molecule has 2 N–H and O–H groups in total. The van der Waals surface area contributed by atoms with Crippen molar-refractivity contribution in [3.63, 3.8) is 0 Å². The summed E-state index contributed by atoms with van der Waals surface area (Å²) in [6, 6.07) is 9.31. The van der Waals surface area contributed by atoms with Crippen molar-refractivity contribution in [2.45, 2.75) is 25.2 Å². The molecule has 2 saturated heterocycles. The monoisotopic (exact) mass is 634 g/mol. The van der Waals surface area contributed by atoms with E-state index in [0.717, 1.165) is 36.0 Å². The van der Waals surface area contributed by atoms with Crippen LogP contribution in [0.15, 0.2) is 42.3 Å². The minimum absolute atomic E-state index is 0.0323. The Hall–Kier alpha value is -4.59. The number of hydrogen-bond acceptors (Lipinski definition) is 8. The number of ketones is 1. The number of morpholine rings is 2. The van der Waals surface area contributed by atoms with Crippen molar-refractivity contribution < 1.29 is 43.5 Å².